The van der Waals surface area contributed by atoms with Crippen LogP contribution in [0.4, 0.5) is 13.2 Å². The molecule has 0 amide bonds. The van der Waals surface area contributed by atoms with E-state index < -0.39 is 12.0 Å². The van der Waals surface area contributed by atoms with Crippen LogP contribution in [-0.2, 0) is 9.53 Å². The first-order valence-electron chi connectivity index (χ1n) is 5.70. The van der Waals surface area contributed by atoms with Crippen molar-refractivity contribution in [1.29, 1.82) is 0 Å². The predicted molar refractivity (Wildman–Crippen MR) is 69.2 cm³/mol. The molecule has 0 aliphatic carbocycles. The molecular weight excluding hydrogens is 273 g/mol. The van der Waals surface area contributed by atoms with Crippen molar-refractivity contribution in [3.05, 3.63) is 43.0 Å². The molecule has 0 aliphatic heterocycles. The molecule has 3 nitrogen and oxygen atoms in total. The molecule has 0 unspecified atom stereocenters. The van der Waals surface area contributed by atoms with E-state index in [0.29, 0.717) is 0 Å². The third-order valence-corrected chi connectivity index (χ3v) is 1.55. The largest absolute Gasteiger partial charge is 0.573 e. The number of halogens is 3. The van der Waals surface area contributed by atoms with Gasteiger partial charge in [-0.25, -0.2) is 4.79 Å². The number of rotatable bonds is 2. The minimum atomic E-state index is -4.60. The van der Waals surface area contributed by atoms with Gasteiger partial charge in [-0.05, 0) is 32.9 Å². The number of benzene rings is 1. The fourth-order valence-electron chi connectivity index (χ4n) is 0.966. The Balaban J connectivity index is 0.000000370. The molecule has 0 aliphatic rings. The molecule has 0 fully saturated rings. The number of carbonyl (C=O) groups excluding carboxylic acids is 1. The Bertz CT molecular complexity index is 420. The van der Waals surface area contributed by atoms with Gasteiger partial charge in [0.2, 0.25) is 0 Å². The van der Waals surface area contributed by atoms with Crippen molar-refractivity contribution in [2.75, 3.05) is 0 Å². The predicted octanol–water partition coefficient (Wildman–Crippen LogP) is 4.10. The Morgan fingerprint density at radius 1 is 1.15 bits per heavy atom. The van der Waals surface area contributed by atoms with Crippen LogP contribution in [0, 0.1) is 0 Å². The summed E-state index contributed by atoms with van der Waals surface area (Å²) in [6.07, 6.45) is -3.44. The van der Waals surface area contributed by atoms with Gasteiger partial charge in [0.15, 0.2) is 0 Å². The van der Waals surface area contributed by atoms with Gasteiger partial charge < -0.3 is 9.47 Å². The van der Waals surface area contributed by atoms with E-state index in [0.717, 1.165) is 6.08 Å². The Labute approximate surface area is 116 Å². The molecule has 1 aromatic carbocycles. The molecule has 0 heterocycles. The van der Waals surface area contributed by atoms with E-state index >= 15 is 0 Å². The van der Waals surface area contributed by atoms with Crippen molar-refractivity contribution in [3.63, 3.8) is 0 Å². The van der Waals surface area contributed by atoms with E-state index in [2.05, 4.69) is 11.3 Å². The molecule has 6 heteroatoms. The third kappa shape index (κ3) is 11.1. The Morgan fingerprint density at radius 2 is 1.65 bits per heavy atom. The van der Waals surface area contributed by atoms with E-state index in [1.165, 1.54) is 24.3 Å². The quantitative estimate of drug-likeness (QED) is 0.607. The Kier molecular flexibility index (Phi) is 6.82. The number of esters is 1. The summed E-state index contributed by atoms with van der Waals surface area (Å²) in [6.45, 7) is 8.71. The van der Waals surface area contributed by atoms with Crippen molar-refractivity contribution in [3.8, 4) is 5.75 Å². The van der Waals surface area contributed by atoms with Gasteiger partial charge in [-0.3, -0.25) is 0 Å². The molecule has 0 radical (unpaired) electrons. The fraction of sp³-hybridized carbons (Fsp3) is 0.357. The molecule has 0 saturated carbocycles. The van der Waals surface area contributed by atoms with Crippen LogP contribution in [0.3, 0.4) is 0 Å². The average Bonchev–Trinajstić information content (AvgIpc) is 2.26. The second-order valence-corrected chi connectivity index (χ2v) is 4.60. The summed E-state index contributed by atoms with van der Waals surface area (Å²) in [4.78, 5) is 10.5. The zero-order valence-electron chi connectivity index (χ0n) is 11.5. The van der Waals surface area contributed by atoms with Crippen LogP contribution in [0.1, 0.15) is 20.8 Å². The van der Waals surface area contributed by atoms with Gasteiger partial charge in [0.1, 0.15) is 11.4 Å². The molecule has 0 atom stereocenters. The third-order valence-electron chi connectivity index (χ3n) is 1.55. The highest BCUT2D eigenvalue weighted by atomic mass is 19.4. The smallest absolute Gasteiger partial charge is 0.457 e. The number of ether oxygens (including phenoxy) is 2. The lowest BCUT2D eigenvalue weighted by Crippen LogP contribution is -2.22. The van der Waals surface area contributed by atoms with Gasteiger partial charge in [0.25, 0.3) is 0 Å². The van der Waals surface area contributed by atoms with E-state index in [-0.39, 0.29) is 11.7 Å². The van der Waals surface area contributed by atoms with Crippen LogP contribution in [-0.4, -0.2) is 17.9 Å². The van der Waals surface area contributed by atoms with Crippen LogP contribution in [0.2, 0.25) is 0 Å². The fourth-order valence-corrected chi connectivity index (χ4v) is 0.966. The molecule has 0 N–H and O–H groups in total. The molecule has 1 rings (SSSR count). The molecular formula is C14H17F3O3. The van der Waals surface area contributed by atoms with Crippen LogP contribution >= 0.6 is 0 Å². The zero-order chi connectivity index (χ0) is 15.8. The first-order valence-corrected chi connectivity index (χ1v) is 5.70. The van der Waals surface area contributed by atoms with E-state index in [9.17, 15) is 18.0 Å². The van der Waals surface area contributed by atoms with Crippen molar-refractivity contribution in [1.82, 2.24) is 0 Å². The summed E-state index contributed by atoms with van der Waals surface area (Å²) in [7, 11) is 0. The maximum absolute atomic E-state index is 11.5. The standard InChI is InChI=1S/C7H5F3O.C7H12O2/c8-7(9,10)11-6-4-2-1-3-5-6;1-5-6(8)9-7(2,3)4/h1-5H;5H,1H2,2-4H3. The highest BCUT2D eigenvalue weighted by molar-refractivity contribution is 5.81. The summed E-state index contributed by atoms with van der Waals surface area (Å²) < 4.78 is 43.0. The van der Waals surface area contributed by atoms with Crippen LogP contribution in [0.15, 0.2) is 43.0 Å². The molecule has 112 valence electrons. The Hall–Kier alpha value is -1.98. The summed E-state index contributed by atoms with van der Waals surface area (Å²) in [5.41, 5.74) is -0.398. The Morgan fingerprint density at radius 3 is 1.95 bits per heavy atom. The molecule has 0 spiro atoms. The van der Waals surface area contributed by atoms with Crippen LogP contribution in [0.5, 0.6) is 5.75 Å². The maximum atomic E-state index is 11.5. The van der Waals surface area contributed by atoms with Crippen LogP contribution < -0.4 is 4.74 Å². The lowest BCUT2D eigenvalue weighted by molar-refractivity contribution is -0.274. The molecule has 0 aromatic heterocycles. The molecule has 20 heavy (non-hydrogen) atoms. The van der Waals surface area contributed by atoms with Gasteiger partial charge in [-0.15, -0.1) is 13.2 Å². The highest BCUT2D eigenvalue weighted by Gasteiger charge is 2.30. The first kappa shape index (κ1) is 18.0. The topological polar surface area (TPSA) is 35.5 Å². The second kappa shape index (κ2) is 7.57. The minimum absolute atomic E-state index is 0.194. The number of hydrogen-bond acceptors (Lipinski definition) is 3. The maximum Gasteiger partial charge on any atom is 0.573 e. The van der Waals surface area contributed by atoms with Crippen molar-refractivity contribution in [2.45, 2.75) is 32.7 Å². The van der Waals surface area contributed by atoms with Crippen molar-refractivity contribution < 1.29 is 27.4 Å². The summed E-state index contributed by atoms with van der Waals surface area (Å²) >= 11 is 0. The number of carbonyl (C=O) groups is 1. The summed E-state index contributed by atoms with van der Waals surface area (Å²) in [6, 6.07) is 7.05. The van der Waals surface area contributed by atoms with Gasteiger partial charge in [-0.2, -0.15) is 0 Å². The van der Waals surface area contributed by atoms with E-state index in [1.807, 2.05) is 20.8 Å². The molecule has 1 aromatic rings. The zero-order valence-corrected chi connectivity index (χ0v) is 11.5. The van der Waals surface area contributed by atoms with E-state index in [4.69, 9.17) is 4.74 Å². The first-order chi connectivity index (χ1) is 9.03. The van der Waals surface area contributed by atoms with Gasteiger partial charge in [0, 0.05) is 6.08 Å². The minimum Gasteiger partial charge on any atom is -0.457 e. The van der Waals surface area contributed by atoms with Gasteiger partial charge in [-0.1, -0.05) is 24.8 Å². The SMILES string of the molecule is C=CC(=O)OC(C)(C)C.FC(F)(F)Oc1ccccc1. The number of hydrogen-bond donors (Lipinski definition) is 0. The monoisotopic (exact) mass is 290 g/mol. The number of alkyl halides is 3. The van der Waals surface area contributed by atoms with Gasteiger partial charge in [0.05, 0.1) is 0 Å². The normalized spacial score (nSPS) is 10.9. The second-order valence-electron chi connectivity index (χ2n) is 4.60. The van der Waals surface area contributed by atoms with Crippen LogP contribution in [0.25, 0.3) is 0 Å². The lowest BCUT2D eigenvalue weighted by atomic mass is 10.2. The van der Waals surface area contributed by atoms with Crippen molar-refractivity contribution >= 4 is 5.97 Å². The molecule has 0 saturated heterocycles. The van der Waals surface area contributed by atoms with E-state index in [1.54, 1.807) is 6.07 Å². The lowest BCUT2D eigenvalue weighted by Gasteiger charge is -2.17. The average molecular weight is 290 g/mol. The highest BCUT2D eigenvalue weighted by Crippen LogP contribution is 2.21. The summed E-state index contributed by atoms with van der Waals surface area (Å²) in [5.74, 6) is -0.567. The van der Waals surface area contributed by atoms with Crippen molar-refractivity contribution in [2.24, 2.45) is 0 Å². The van der Waals surface area contributed by atoms with Gasteiger partial charge >= 0.3 is 12.3 Å². The summed E-state index contributed by atoms with van der Waals surface area (Å²) in [5, 5.41) is 0. The molecule has 0 bridgehead atoms. The number of para-hydroxylation sites is 1.